The van der Waals surface area contributed by atoms with Crippen LogP contribution in [-0.2, 0) is 6.42 Å². The monoisotopic (exact) mass is 243 g/mol. The Labute approximate surface area is 102 Å². The van der Waals surface area contributed by atoms with Crippen LogP contribution in [-0.4, -0.2) is 5.54 Å². The molecule has 1 nitrogen and oxygen atoms in total. The highest BCUT2D eigenvalue weighted by atomic mass is 35.5. The number of rotatable bonds is 4. The number of nitrogens with two attached hydrogens (primary N) is 1. The topological polar surface area (TPSA) is 26.0 Å². The molecule has 0 aromatic heterocycles. The standard InChI is InChI=1S/C13H19ClFN/c1-4-9(2)13(3,16)8-10-6-5-7-11(15)12(10)14/h5-7,9H,4,8,16H2,1-3H3. The molecule has 0 saturated carbocycles. The Bertz CT molecular complexity index is 363. The van der Waals surface area contributed by atoms with Crippen molar-refractivity contribution in [3.05, 3.63) is 34.6 Å². The summed E-state index contributed by atoms with van der Waals surface area (Å²) in [5.41, 5.74) is 6.67. The number of hydrogen-bond acceptors (Lipinski definition) is 1. The molecule has 0 fully saturated rings. The third-order valence-electron chi connectivity index (χ3n) is 3.34. The van der Waals surface area contributed by atoms with Gasteiger partial charge in [-0.25, -0.2) is 4.39 Å². The van der Waals surface area contributed by atoms with Gasteiger partial charge in [-0.1, -0.05) is 44.0 Å². The van der Waals surface area contributed by atoms with Crippen LogP contribution in [0.5, 0.6) is 0 Å². The first kappa shape index (κ1) is 13.5. The molecule has 0 spiro atoms. The van der Waals surface area contributed by atoms with Crippen LogP contribution in [0.15, 0.2) is 18.2 Å². The molecular formula is C13H19ClFN. The van der Waals surface area contributed by atoms with Gasteiger partial charge in [0.05, 0.1) is 5.02 Å². The van der Waals surface area contributed by atoms with Crippen molar-refractivity contribution in [2.45, 2.75) is 39.2 Å². The zero-order valence-corrected chi connectivity index (χ0v) is 10.8. The lowest BCUT2D eigenvalue weighted by Gasteiger charge is -2.31. The molecule has 0 radical (unpaired) electrons. The Balaban J connectivity index is 2.92. The summed E-state index contributed by atoms with van der Waals surface area (Å²) < 4.78 is 13.3. The molecule has 0 aliphatic rings. The molecule has 2 unspecified atom stereocenters. The van der Waals surface area contributed by atoms with E-state index in [-0.39, 0.29) is 16.4 Å². The van der Waals surface area contributed by atoms with Crippen molar-refractivity contribution in [1.29, 1.82) is 0 Å². The summed E-state index contributed by atoms with van der Waals surface area (Å²) in [4.78, 5) is 0. The lowest BCUT2D eigenvalue weighted by Crippen LogP contribution is -2.44. The van der Waals surface area contributed by atoms with E-state index < -0.39 is 0 Å². The normalized spacial score (nSPS) is 16.9. The molecule has 0 aliphatic carbocycles. The van der Waals surface area contributed by atoms with E-state index >= 15 is 0 Å². The summed E-state index contributed by atoms with van der Waals surface area (Å²) in [5.74, 6) is -0.00838. The van der Waals surface area contributed by atoms with Crippen molar-refractivity contribution in [2.75, 3.05) is 0 Å². The maximum atomic E-state index is 13.3. The van der Waals surface area contributed by atoms with E-state index in [2.05, 4.69) is 13.8 Å². The van der Waals surface area contributed by atoms with Crippen LogP contribution in [0.1, 0.15) is 32.8 Å². The van der Waals surface area contributed by atoms with Gasteiger partial charge in [-0.05, 0) is 30.9 Å². The highest BCUT2D eigenvalue weighted by Crippen LogP contribution is 2.27. The summed E-state index contributed by atoms with van der Waals surface area (Å²) >= 11 is 5.92. The van der Waals surface area contributed by atoms with E-state index in [4.69, 9.17) is 17.3 Å². The molecule has 0 bridgehead atoms. The van der Waals surface area contributed by atoms with Crippen LogP contribution in [0.3, 0.4) is 0 Å². The fourth-order valence-electron chi connectivity index (χ4n) is 1.74. The molecule has 0 aliphatic heterocycles. The van der Waals surface area contributed by atoms with Crippen LogP contribution in [0, 0.1) is 11.7 Å². The molecule has 0 saturated heterocycles. The lowest BCUT2D eigenvalue weighted by atomic mass is 9.81. The van der Waals surface area contributed by atoms with Crippen LogP contribution in [0.4, 0.5) is 4.39 Å². The van der Waals surface area contributed by atoms with Gasteiger partial charge in [-0.15, -0.1) is 0 Å². The molecular weight excluding hydrogens is 225 g/mol. The quantitative estimate of drug-likeness (QED) is 0.856. The van der Waals surface area contributed by atoms with Gasteiger partial charge in [0, 0.05) is 5.54 Å². The van der Waals surface area contributed by atoms with E-state index in [1.54, 1.807) is 6.07 Å². The first-order chi connectivity index (χ1) is 7.38. The number of halogens is 2. The fourth-order valence-corrected chi connectivity index (χ4v) is 1.93. The second kappa shape index (κ2) is 5.15. The van der Waals surface area contributed by atoms with Gasteiger partial charge in [0.15, 0.2) is 0 Å². The third-order valence-corrected chi connectivity index (χ3v) is 3.76. The minimum Gasteiger partial charge on any atom is -0.325 e. The summed E-state index contributed by atoms with van der Waals surface area (Å²) in [5, 5.41) is 0.197. The maximum Gasteiger partial charge on any atom is 0.142 e. The van der Waals surface area contributed by atoms with Gasteiger partial charge in [0.2, 0.25) is 0 Å². The fraction of sp³-hybridized carbons (Fsp3) is 0.538. The number of benzene rings is 1. The summed E-state index contributed by atoms with van der Waals surface area (Å²) in [6, 6.07) is 4.87. The molecule has 16 heavy (non-hydrogen) atoms. The minimum atomic E-state index is -0.376. The predicted molar refractivity (Wildman–Crippen MR) is 67.2 cm³/mol. The molecule has 0 amide bonds. The van der Waals surface area contributed by atoms with Gasteiger partial charge in [-0.3, -0.25) is 0 Å². The second-order valence-electron chi connectivity index (χ2n) is 4.70. The average Bonchev–Trinajstić information content (AvgIpc) is 2.23. The molecule has 2 atom stereocenters. The van der Waals surface area contributed by atoms with E-state index in [1.165, 1.54) is 6.07 Å². The minimum absolute atomic E-state index is 0.197. The van der Waals surface area contributed by atoms with E-state index in [0.29, 0.717) is 12.3 Å². The zero-order chi connectivity index (χ0) is 12.3. The second-order valence-corrected chi connectivity index (χ2v) is 5.08. The number of hydrogen-bond donors (Lipinski definition) is 1. The van der Waals surface area contributed by atoms with E-state index in [9.17, 15) is 4.39 Å². The SMILES string of the molecule is CCC(C)C(C)(N)Cc1cccc(F)c1Cl. The Kier molecular flexibility index (Phi) is 4.34. The summed E-state index contributed by atoms with van der Waals surface area (Å²) in [7, 11) is 0. The Morgan fingerprint density at radius 3 is 2.69 bits per heavy atom. The predicted octanol–water partition coefficient (Wildman–Crippen LogP) is 3.79. The van der Waals surface area contributed by atoms with Crippen LogP contribution in [0.25, 0.3) is 0 Å². The van der Waals surface area contributed by atoms with Crippen molar-refractivity contribution in [1.82, 2.24) is 0 Å². The van der Waals surface area contributed by atoms with Crippen molar-refractivity contribution in [3.63, 3.8) is 0 Å². The molecule has 1 aromatic carbocycles. The van der Waals surface area contributed by atoms with E-state index in [0.717, 1.165) is 12.0 Å². The Morgan fingerprint density at radius 2 is 2.12 bits per heavy atom. The average molecular weight is 244 g/mol. The van der Waals surface area contributed by atoms with Crippen molar-refractivity contribution in [3.8, 4) is 0 Å². The smallest absolute Gasteiger partial charge is 0.142 e. The molecule has 2 N–H and O–H groups in total. The summed E-state index contributed by atoms with van der Waals surface area (Å²) in [6.07, 6.45) is 1.60. The molecule has 90 valence electrons. The molecule has 0 heterocycles. The highest BCUT2D eigenvalue weighted by molar-refractivity contribution is 6.31. The van der Waals surface area contributed by atoms with Gasteiger partial charge in [0.1, 0.15) is 5.82 Å². The van der Waals surface area contributed by atoms with Crippen LogP contribution >= 0.6 is 11.6 Å². The van der Waals surface area contributed by atoms with Gasteiger partial charge in [-0.2, -0.15) is 0 Å². The lowest BCUT2D eigenvalue weighted by molar-refractivity contribution is 0.306. The van der Waals surface area contributed by atoms with Gasteiger partial charge in [0.25, 0.3) is 0 Å². The van der Waals surface area contributed by atoms with Crippen LogP contribution in [0.2, 0.25) is 5.02 Å². The molecule has 1 rings (SSSR count). The van der Waals surface area contributed by atoms with Crippen LogP contribution < -0.4 is 5.73 Å². The van der Waals surface area contributed by atoms with Crippen molar-refractivity contribution < 1.29 is 4.39 Å². The van der Waals surface area contributed by atoms with Gasteiger partial charge < -0.3 is 5.73 Å². The Hall–Kier alpha value is -0.600. The summed E-state index contributed by atoms with van der Waals surface area (Å²) in [6.45, 7) is 6.19. The maximum absolute atomic E-state index is 13.3. The van der Waals surface area contributed by atoms with Crippen molar-refractivity contribution in [2.24, 2.45) is 11.7 Å². The third kappa shape index (κ3) is 2.96. The Morgan fingerprint density at radius 1 is 1.50 bits per heavy atom. The first-order valence-corrected chi connectivity index (χ1v) is 5.98. The first-order valence-electron chi connectivity index (χ1n) is 5.60. The molecule has 3 heteroatoms. The largest absolute Gasteiger partial charge is 0.325 e. The van der Waals surface area contributed by atoms with Crippen molar-refractivity contribution >= 4 is 11.6 Å². The van der Waals surface area contributed by atoms with E-state index in [1.807, 2.05) is 13.0 Å². The molecule has 1 aromatic rings. The zero-order valence-electron chi connectivity index (χ0n) is 10.1. The van der Waals surface area contributed by atoms with Gasteiger partial charge >= 0.3 is 0 Å². The highest BCUT2D eigenvalue weighted by Gasteiger charge is 2.26.